The lowest BCUT2D eigenvalue weighted by atomic mass is 9.81. The molecule has 0 saturated carbocycles. The molecule has 5 nitrogen and oxygen atoms in total. The van der Waals surface area contributed by atoms with Crippen LogP contribution in [0.15, 0.2) is 4.42 Å². The van der Waals surface area contributed by atoms with Crippen LogP contribution < -0.4 is 11.1 Å². The van der Waals surface area contributed by atoms with Crippen molar-refractivity contribution in [3.05, 3.63) is 5.89 Å². The fourth-order valence-electron chi connectivity index (χ4n) is 1.06. The Morgan fingerprint density at radius 2 is 2.06 bits per heavy atom. The van der Waals surface area contributed by atoms with Crippen LogP contribution in [0.4, 0.5) is 6.01 Å². The molecule has 0 aliphatic heterocycles. The van der Waals surface area contributed by atoms with E-state index in [1.165, 1.54) is 0 Å². The summed E-state index contributed by atoms with van der Waals surface area (Å²) in [6.45, 7) is 10.2. The lowest BCUT2D eigenvalue weighted by molar-refractivity contribution is 0.267. The highest BCUT2D eigenvalue weighted by Gasteiger charge is 2.22. The van der Waals surface area contributed by atoms with Crippen molar-refractivity contribution in [1.82, 2.24) is 10.2 Å². The predicted molar refractivity (Wildman–Crippen MR) is 64.2 cm³/mol. The zero-order chi connectivity index (χ0) is 12.2. The Kier molecular flexibility index (Phi) is 4.29. The minimum Gasteiger partial charge on any atom is -0.408 e. The molecule has 3 N–H and O–H groups in total. The van der Waals surface area contributed by atoms with Crippen molar-refractivity contribution in [1.29, 1.82) is 0 Å². The monoisotopic (exact) mass is 226 g/mol. The van der Waals surface area contributed by atoms with E-state index < -0.39 is 0 Å². The number of hydrogen-bond acceptors (Lipinski definition) is 5. The molecule has 1 heterocycles. The molecule has 0 aliphatic carbocycles. The molecule has 92 valence electrons. The number of rotatable bonds is 6. The van der Waals surface area contributed by atoms with Crippen LogP contribution in [0.5, 0.6) is 0 Å². The minimum absolute atomic E-state index is 0.197. The molecule has 0 amide bonds. The molecule has 1 rings (SSSR count). The summed E-state index contributed by atoms with van der Waals surface area (Å²) in [7, 11) is 0. The van der Waals surface area contributed by atoms with Gasteiger partial charge in [-0.3, -0.25) is 0 Å². The molecule has 0 aliphatic rings. The summed E-state index contributed by atoms with van der Waals surface area (Å²) in [5, 5.41) is 11.0. The van der Waals surface area contributed by atoms with Crippen LogP contribution in [0.25, 0.3) is 0 Å². The molecule has 0 atom stereocenters. The molecule has 0 aromatic carbocycles. The van der Waals surface area contributed by atoms with Gasteiger partial charge in [0.25, 0.3) is 0 Å². The van der Waals surface area contributed by atoms with E-state index in [4.69, 9.17) is 10.2 Å². The molecule has 0 radical (unpaired) electrons. The van der Waals surface area contributed by atoms with Gasteiger partial charge in [-0.15, -0.1) is 5.10 Å². The van der Waals surface area contributed by atoms with E-state index in [1.54, 1.807) is 0 Å². The summed E-state index contributed by atoms with van der Waals surface area (Å²) in [5.74, 6) is 1.18. The Hall–Kier alpha value is -1.10. The van der Waals surface area contributed by atoms with Crippen LogP contribution in [-0.4, -0.2) is 23.3 Å². The average molecular weight is 226 g/mol. The molecule has 0 fully saturated rings. The van der Waals surface area contributed by atoms with Crippen molar-refractivity contribution in [3.8, 4) is 0 Å². The average Bonchev–Trinajstić information content (AvgIpc) is 2.63. The Morgan fingerprint density at radius 1 is 1.38 bits per heavy atom. The number of nitrogens with one attached hydrogen (secondary N) is 1. The number of nitrogens with two attached hydrogens (primary N) is 1. The summed E-state index contributed by atoms with van der Waals surface area (Å²) < 4.78 is 5.39. The van der Waals surface area contributed by atoms with Crippen molar-refractivity contribution in [2.24, 2.45) is 17.1 Å². The molecular weight excluding hydrogens is 204 g/mol. The maximum Gasteiger partial charge on any atom is 0.315 e. The first-order chi connectivity index (χ1) is 7.45. The lowest BCUT2D eigenvalue weighted by Crippen LogP contribution is -2.28. The van der Waals surface area contributed by atoms with E-state index in [0.717, 1.165) is 6.54 Å². The van der Waals surface area contributed by atoms with Crippen LogP contribution in [-0.2, 0) is 6.42 Å². The van der Waals surface area contributed by atoms with E-state index in [9.17, 15) is 0 Å². The quantitative estimate of drug-likeness (QED) is 0.771. The van der Waals surface area contributed by atoms with E-state index >= 15 is 0 Å². The van der Waals surface area contributed by atoms with Gasteiger partial charge in [0.2, 0.25) is 5.89 Å². The first-order valence-electron chi connectivity index (χ1n) is 5.72. The Balaban J connectivity index is 2.48. The van der Waals surface area contributed by atoms with Crippen molar-refractivity contribution < 1.29 is 4.42 Å². The largest absolute Gasteiger partial charge is 0.408 e. The maximum absolute atomic E-state index is 5.40. The van der Waals surface area contributed by atoms with E-state index in [1.807, 2.05) is 0 Å². The topological polar surface area (TPSA) is 77.0 Å². The number of aromatic nitrogens is 2. The highest BCUT2D eigenvalue weighted by Crippen LogP contribution is 2.26. The lowest BCUT2D eigenvalue weighted by Gasteiger charge is -2.28. The maximum atomic E-state index is 5.40. The summed E-state index contributed by atoms with van der Waals surface area (Å²) in [5.41, 5.74) is 5.60. The third-order valence-electron chi connectivity index (χ3n) is 3.08. The second-order valence-electron chi connectivity index (χ2n) is 5.04. The molecule has 0 unspecified atom stereocenters. The summed E-state index contributed by atoms with van der Waals surface area (Å²) >= 11 is 0. The van der Waals surface area contributed by atoms with Crippen molar-refractivity contribution in [2.45, 2.75) is 34.1 Å². The van der Waals surface area contributed by atoms with Crippen molar-refractivity contribution in [2.75, 3.05) is 18.4 Å². The van der Waals surface area contributed by atoms with Crippen LogP contribution in [0, 0.1) is 11.3 Å². The van der Waals surface area contributed by atoms with Crippen molar-refractivity contribution >= 4 is 6.01 Å². The molecule has 5 heteroatoms. The zero-order valence-corrected chi connectivity index (χ0v) is 10.6. The molecule has 16 heavy (non-hydrogen) atoms. The molecule has 0 bridgehead atoms. The SMILES string of the molecule is CC(C)C(C)(C)CNc1nnc(CCN)o1. The van der Waals surface area contributed by atoms with Gasteiger partial charge in [0.1, 0.15) is 0 Å². The number of nitrogens with zero attached hydrogens (tertiary/aromatic N) is 2. The second-order valence-corrected chi connectivity index (χ2v) is 5.04. The molecule has 0 saturated heterocycles. The first kappa shape index (κ1) is 13.0. The smallest absolute Gasteiger partial charge is 0.315 e. The van der Waals surface area contributed by atoms with Crippen molar-refractivity contribution in [3.63, 3.8) is 0 Å². The minimum atomic E-state index is 0.197. The summed E-state index contributed by atoms with van der Waals surface area (Å²) in [4.78, 5) is 0. The van der Waals surface area contributed by atoms with Gasteiger partial charge in [-0.1, -0.05) is 32.8 Å². The molecule has 0 spiro atoms. The van der Waals surface area contributed by atoms with Crippen LogP contribution in [0.3, 0.4) is 0 Å². The number of hydrogen-bond donors (Lipinski definition) is 2. The fraction of sp³-hybridized carbons (Fsp3) is 0.818. The normalized spacial score (nSPS) is 12.1. The van der Waals surface area contributed by atoms with Gasteiger partial charge in [-0.05, 0) is 11.3 Å². The van der Waals surface area contributed by atoms with Crippen LogP contribution in [0.1, 0.15) is 33.6 Å². The Bertz CT molecular complexity index is 320. The standard InChI is InChI=1S/C11H22N4O/c1-8(2)11(3,4)7-13-10-15-14-9(16-10)5-6-12/h8H,5-7,12H2,1-4H3,(H,13,15). The highest BCUT2D eigenvalue weighted by molar-refractivity contribution is 5.17. The van der Waals surface area contributed by atoms with E-state index in [-0.39, 0.29) is 5.41 Å². The van der Waals surface area contributed by atoms with Gasteiger partial charge in [0.15, 0.2) is 0 Å². The van der Waals surface area contributed by atoms with Gasteiger partial charge in [-0.2, -0.15) is 0 Å². The second kappa shape index (κ2) is 5.30. The molecule has 1 aromatic heterocycles. The van der Waals surface area contributed by atoms with E-state index in [0.29, 0.717) is 30.8 Å². The van der Waals surface area contributed by atoms with Gasteiger partial charge in [-0.25, -0.2) is 0 Å². The first-order valence-corrected chi connectivity index (χ1v) is 5.72. The summed E-state index contributed by atoms with van der Waals surface area (Å²) in [6, 6.07) is 0.483. The van der Waals surface area contributed by atoms with E-state index in [2.05, 4.69) is 43.2 Å². The van der Waals surface area contributed by atoms with Gasteiger partial charge < -0.3 is 15.5 Å². The van der Waals surface area contributed by atoms with Crippen LogP contribution in [0.2, 0.25) is 0 Å². The van der Waals surface area contributed by atoms with Crippen LogP contribution >= 0.6 is 0 Å². The van der Waals surface area contributed by atoms with Gasteiger partial charge in [0, 0.05) is 19.5 Å². The predicted octanol–water partition coefficient (Wildman–Crippen LogP) is 1.66. The third-order valence-corrected chi connectivity index (χ3v) is 3.08. The molecular formula is C11H22N4O. The van der Waals surface area contributed by atoms with Gasteiger partial charge >= 0.3 is 6.01 Å². The fourth-order valence-corrected chi connectivity index (χ4v) is 1.06. The number of anilines is 1. The zero-order valence-electron chi connectivity index (χ0n) is 10.6. The summed E-state index contributed by atoms with van der Waals surface area (Å²) in [6.07, 6.45) is 0.627. The Labute approximate surface area is 96.8 Å². The Morgan fingerprint density at radius 3 is 2.62 bits per heavy atom. The third kappa shape index (κ3) is 3.48. The van der Waals surface area contributed by atoms with Gasteiger partial charge in [0.05, 0.1) is 0 Å². The molecule has 1 aromatic rings. The highest BCUT2D eigenvalue weighted by atomic mass is 16.4.